The Morgan fingerprint density at radius 3 is 2.62 bits per heavy atom. The van der Waals surface area contributed by atoms with E-state index < -0.39 is 0 Å². The van der Waals surface area contributed by atoms with E-state index in [1.807, 2.05) is 31.2 Å². The monoisotopic (exact) mass is 392 g/mol. The first-order chi connectivity index (χ1) is 14.3. The van der Waals surface area contributed by atoms with Gasteiger partial charge in [0.1, 0.15) is 23.5 Å². The van der Waals surface area contributed by atoms with E-state index in [1.54, 1.807) is 18.6 Å². The van der Waals surface area contributed by atoms with Crippen molar-refractivity contribution in [2.45, 2.75) is 25.8 Å². The first-order valence-corrected chi connectivity index (χ1v) is 9.82. The maximum absolute atomic E-state index is 6.09. The third-order valence-corrected chi connectivity index (χ3v) is 4.62. The predicted octanol–water partition coefficient (Wildman–Crippen LogP) is 3.29. The lowest BCUT2D eigenvalue weighted by Crippen LogP contribution is -2.29. The molecule has 2 N–H and O–H groups in total. The number of benzene rings is 1. The lowest BCUT2D eigenvalue weighted by atomic mass is 10.2. The molecule has 4 rings (SSSR count). The SMILES string of the molecule is CCOc1ccc(Oc2nc(-c3cncnc3)ncc2NC[C@@H]2CCCN2)cc1. The highest BCUT2D eigenvalue weighted by atomic mass is 16.5. The Hall–Kier alpha value is -3.26. The lowest BCUT2D eigenvalue weighted by Gasteiger charge is -2.16. The minimum atomic E-state index is 0.440. The van der Waals surface area contributed by atoms with Gasteiger partial charge in [0.2, 0.25) is 5.88 Å². The Bertz CT molecular complexity index is 914. The summed E-state index contributed by atoms with van der Waals surface area (Å²) >= 11 is 0. The Kier molecular flexibility index (Phi) is 6.11. The number of rotatable bonds is 8. The highest BCUT2D eigenvalue weighted by molar-refractivity contribution is 5.59. The summed E-state index contributed by atoms with van der Waals surface area (Å²) in [6, 6.07) is 7.92. The van der Waals surface area contributed by atoms with Gasteiger partial charge in [-0.15, -0.1) is 0 Å². The van der Waals surface area contributed by atoms with Crippen LogP contribution in [0.3, 0.4) is 0 Å². The maximum Gasteiger partial charge on any atom is 0.246 e. The standard InChI is InChI=1S/C21H24N6O2/c1-2-28-17-5-7-18(8-6-17)29-21-19(25-12-16-4-3-9-24-16)13-26-20(27-21)15-10-22-14-23-11-15/h5-8,10-11,13-14,16,24-25H,2-4,9,12H2,1H3/t16-/m0/s1. The summed E-state index contributed by atoms with van der Waals surface area (Å²) in [4.78, 5) is 17.2. The van der Waals surface area contributed by atoms with Gasteiger partial charge in [-0.3, -0.25) is 0 Å². The molecule has 0 amide bonds. The highest BCUT2D eigenvalue weighted by Crippen LogP contribution is 2.30. The zero-order valence-corrected chi connectivity index (χ0v) is 16.3. The van der Waals surface area contributed by atoms with Gasteiger partial charge in [-0.25, -0.2) is 15.0 Å². The van der Waals surface area contributed by atoms with Gasteiger partial charge in [-0.05, 0) is 50.6 Å². The molecule has 8 heteroatoms. The summed E-state index contributed by atoms with van der Waals surface area (Å²) in [5, 5.41) is 6.89. The van der Waals surface area contributed by atoms with E-state index in [1.165, 1.54) is 12.7 Å². The summed E-state index contributed by atoms with van der Waals surface area (Å²) in [6.07, 6.45) is 8.93. The van der Waals surface area contributed by atoms with Crippen LogP contribution in [-0.4, -0.2) is 45.7 Å². The fraction of sp³-hybridized carbons (Fsp3) is 0.333. The summed E-state index contributed by atoms with van der Waals surface area (Å²) in [5.41, 5.74) is 1.47. The zero-order chi connectivity index (χ0) is 19.9. The molecule has 0 aliphatic carbocycles. The van der Waals surface area contributed by atoms with Gasteiger partial charge in [0.15, 0.2) is 5.82 Å². The number of nitrogens with one attached hydrogen (secondary N) is 2. The lowest BCUT2D eigenvalue weighted by molar-refractivity contribution is 0.339. The van der Waals surface area contributed by atoms with Crippen molar-refractivity contribution in [3.8, 4) is 28.8 Å². The van der Waals surface area contributed by atoms with Gasteiger partial charge >= 0.3 is 0 Å². The van der Waals surface area contributed by atoms with Gasteiger partial charge < -0.3 is 20.1 Å². The van der Waals surface area contributed by atoms with E-state index >= 15 is 0 Å². The van der Waals surface area contributed by atoms with E-state index in [0.29, 0.717) is 30.1 Å². The average Bonchev–Trinajstić information content (AvgIpc) is 3.29. The van der Waals surface area contributed by atoms with Crippen LogP contribution < -0.4 is 20.1 Å². The summed E-state index contributed by atoms with van der Waals surface area (Å²) in [5.74, 6) is 2.44. The molecule has 150 valence electrons. The zero-order valence-electron chi connectivity index (χ0n) is 16.3. The fourth-order valence-electron chi connectivity index (χ4n) is 3.17. The smallest absolute Gasteiger partial charge is 0.246 e. The molecular formula is C21H24N6O2. The van der Waals surface area contributed by atoms with E-state index in [9.17, 15) is 0 Å². The molecule has 0 saturated carbocycles. The van der Waals surface area contributed by atoms with E-state index in [4.69, 9.17) is 9.47 Å². The van der Waals surface area contributed by atoms with Crippen molar-refractivity contribution in [3.63, 3.8) is 0 Å². The van der Waals surface area contributed by atoms with Crippen molar-refractivity contribution in [1.82, 2.24) is 25.3 Å². The quantitative estimate of drug-likeness (QED) is 0.603. The molecule has 0 bridgehead atoms. The molecule has 0 spiro atoms. The number of ether oxygens (including phenoxy) is 2. The first kappa shape index (κ1) is 19.1. The van der Waals surface area contributed by atoms with Crippen LogP contribution in [0.15, 0.2) is 49.2 Å². The summed E-state index contributed by atoms with van der Waals surface area (Å²) < 4.78 is 11.6. The molecule has 3 heterocycles. The minimum Gasteiger partial charge on any atom is -0.494 e. The van der Waals surface area contributed by atoms with Gasteiger partial charge in [-0.2, -0.15) is 4.98 Å². The van der Waals surface area contributed by atoms with Crippen LogP contribution in [0.2, 0.25) is 0 Å². The van der Waals surface area contributed by atoms with Crippen LogP contribution in [-0.2, 0) is 0 Å². The van der Waals surface area contributed by atoms with E-state index in [-0.39, 0.29) is 0 Å². The van der Waals surface area contributed by atoms with Crippen LogP contribution in [0.5, 0.6) is 17.4 Å². The van der Waals surface area contributed by atoms with Gasteiger partial charge in [0.05, 0.1) is 18.4 Å². The molecule has 3 aromatic rings. The summed E-state index contributed by atoms with van der Waals surface area (Å²) in [6.45, 7) is 4.43. The Balaban J connectivity index is 1.57. The molecule has 1 atom stereocenters. The molecule has 1 saturated heterocycles. The van der Waals surface area contributed by atoms with Crippen molar-refractivity contribution >= 4 is 5.69 Å². The van der Waals surface area contributed by atoms with Crippen molar-refractivity contribution in [2.24, 2.45) is 0 Å². The third-order valence-electron chi connectivity index (χ3n) is 4.62. The van der Waals surface area contributed by atoms with Gasteiger partial charge in [-0.1, -0.05) is 0 Å². The predicted molar refractivity (Wildman–Crippen MR) is 110 cm³/mol. The van der Waals surface area contributed by atoms with Crippen LogP contribution in [0.4, 0.5) is 5.69 Å². The highest BCUT2D eigenvalue weighted by Gasteiger charge is 2.16. The molecule has 1 aromatic carbocycles. The molecule has 8 nitrogen and oxygen atoms in total. The van der Waals surface area contributed by atoms with E-state index in [2.05, 4.69) is 30.6 Å². The van der Waals surface area contributed by atoms with Crippen LogP contribution >= 0.6 is 0 Å². The van der Waals surface area contributed by atoms with Crippen molar-refractivity contribution in [2.75, 3.05) is 25.0 Å². The maximum atomic E-state index is 6.09. The third kappa shape index (κ3) is 4.97. The minimum absolute atomic E-state index is 0.440. The number of anilines is 1. The number of hydrogen-bond donors (Lipinski definition) is 2. The average molecular weight is 392 g/mol. The molecule has 0 radical (unpaired) electrons. The van der Waals surface area contributed by atoms with Gasteiger partial charge in [0, 0.05) is 25.0 Å². The van der Waals surface area contributed by atoms with Crippen molar-refractivity contribution < 1.29 is 9.47 Å². The molecule has 0 unspecified atom stereocenters. The van der Waals surface area contributed by atoms with Crippen LogP contribution in [0.25, 0.3) is 11.4 Å². The fourth-order valence-corrected chi connectivity index (χ4v) is 3.17. The number of aromatic nitrogens is 4. The Labute approximate surface area is 169 Å². The molecular weight excluding hydrogens is 368 g/mol. The second-order valence-corrected chi connectivity index (χ2v) is 6.72. The Morgan fingerprint density at radius 1 is 1.10 bits per heavy atom. The molecule has 1 aliphatic heterocycles. The van der Waals surface area contributed by atoms with Crippen molar-refractivity contribution in [1.29, 1.82) is 0 Å². The van der Waals surface area contributed by atoms with E-state index in [0.717, 1.165) is 36.5 Å². The molecule has 1 aliphatic rings. The molecule has 2 aromatic heterocycles. The van der Waals surface area contributed by atoms with Crippen LogP contribution in [0, 0.1) is 0 Å². The largest absolute Gasteiger partial charge is 0.494 e. The van der Waals surface area contributed by atoms with Crippen molar-refractivity contribution in [3.05, 3.63) is 49.2 Å². The molecule has 1 fully saturated rings. The van der Waals surface area contributed by atoms with Gasteiger partial charge in [0.25, 0.3) is 0 Å². The summed E-state index contributed by atoms with van der Waals surface area (Å²) in [7, 11) is 0. The number of nitrogens with zero attached hydrogens (tertiary/aromatic N) is 4. The first-order valence-electron chi connectivity index (χ1n) is 9.82. The molecule has 29 heavy (non-hydrogen) atoms. The normalized spacial score (nSPS) is 15.8. The second kappa shape index (κ2) is 9.29. The number of hydrogen-bond acceptors (Lipinski definition) is 8. The van der Waals surface area contributed by atoms with Crippen LogP contribution in [0.1, 0.15) is 19.8 Å². The topological polar surface area (TPSA) is 94.1 Å². The second-order valence-electron chi connectivity index (χ2n) is 6.72. The Morgan fingerprint density at radius 2 is 1.90 bits per heavy atom.